The minimum absolute atomic E-state index is 0.0124. The van der Waals surface area contributed by atoms with E-state index in [2.05, 4.69) is 11.1 Å². The number of halogens is 1. The van der Waals surface area contributed by atoms with E-state index in [-0.39, 0.29) is 5.75 Å². The summed E-state index contributed by atoms with van der Waals surface area (Å²) >= 11 is 8.89. The number of rotatable bonds is 5. The van der Waals surface area contributed by atoms with Gasteiger partial charge in [0.1, 0.15) is 0 Å². The number of hydrogen-bond acceptors (Lipinski definition) is 4. The standard InChI is InChI=1S/C14H11ClN2O2S2/c15-9-3-4-12-11(6-9)16-14(21-8-13(18)19)17(12)7-10-2-1-5-20-10/h1-6H,7-8H2,(H,18,19). The number of nitrogens with zero attached hydrogens (tertiary/aromatic N) is 2. The average Bonchev–Trinajstić information content (AvgIpc) is 3.05. The van der Waals surface area contributed by atoms with Crippen molar-refractivity contribution in [2.45, 2.75) is 11.7 Å². The van der Waals surface area contributed by atoms with Crippen molar-refractivity contribution in [1.82, 2.24) is 9.55 Å². The molecule has 0 amide bonds. The average molecular weight is 339 g/mol. The third kappa shape index (κ3) is 3.23. The van der Waals surface area contributed by atoms with E-state index in [0.717, 1.165) is 11.0 Å². The molecule has 0 atom stereocenters. The van der Waals surface area contributed by atoms with Crippen LogP contribution in [0.2, 0.25) is 5.02 Å². The van der Waals surface area contributed by atoms with Crippen molar-refractivity contribution in [3.63, 3.8) is 0 Å². The molecule has 0 radical (unpaired) electrons. The summed E-state index contributed by atoms with van der Waals surface area (Å²) in [5.74, 6) is -0.866. The summed E-state index contributed by atoms with van der Waals surface area (Å²) in [5.41, 5.74) is 1.74. The van der Waals surface area contributed by atoms with Crippen LogP contribution >= 0.6 is 34.7 Å². The van der Waals surface area contributed by atoms with Crippen LogP contribution in [0.4, 0.5) is 0 Å². The maximum atomic E-state index is 10.8. The van der Waals surface area contributed by atoms with E-state index in [0.29, 0.717) is 16.7 Å². The van der Waals surface area contributed by atoms with E-state index in [1.165, 1.54) is 16.6 Å². The maximum Gasteiger partial charge on any atom is 0.313 e. The number of fused-ring (bicyclic) bond motifs is 1. The van der Waals surface area contributed by atoms with Crippen LogP contribution < -0.4 is 0 Å². The van der Waals surface area contributed by atoms with Crippen molar-refractivity contribution in [1.29, 1.82) is 0 Å². The maximum absolute atomic E-state index is 10.8. The number of hydrogen-bond donors (Lipinski definition) is 1. The third-order valence-electron chi connectivity index (χ3n) is 2.89. The lowest BCUT2D eigenvalue weighted by molar-refractivity contribution is -0.133. The van der Waals surface area contributed by atoms with Gasteiger partial charge in [-0.05, 0) is 29.6 Å². The van der Waals surface area contributed by atoms with Gasteiger partial charge in [-0.15, -0.1) is 11.3 Å². The zero-order chi connectivity index (χ0) is 14.8. The van der Waals surface area contributed by atoms with Gasteiger partial charge < -0.3 is 9.67 Å². The van der Waals surface area contributed by atoms with Crippen LogP contribution in [0.5, 0.6) is 0 Å². The minimum atomic E-state index is -0.854. The van der Waals surface area contributed by atoms with Gasteiger partial charge in [0.25, 0.3) is 0 Å². The molecular weight excluding hydrogens is 328 g/mol. The molecule has 0 spiro atoms. The van der Waals surface area contributed by atoms with Gasteiger partial charge in [0.15, 0.2) is 5.16 Å². The molecule has 3 rings (SSSR count). The van der Waals surface area contributed by atoms with Crippen molar-refractivity contribution in [3.8, 4) is 0 Å². The van der Waals surface area contributed by atoms with Gasteiger partial charge in [-0.1, -0.05) is 29.4 Å². The molecule has 1 N–H and O–H groups in total. The van der Waals surface area contributed by atoms with Gasteiger partial charge in [-0.25, -0.2) is 4.98 Å². The van der Waals surface area contributed by atoms with Crippen molar-refractivity contribution in [2.75, 3.05) is 5.75 Å². The van der Waals surface area contributed by atoms with Crippen molar-refractivity contribution in [3.05, 3.63) is 45.6 Å². The van der Waals surface area contributed by atoms with Crippen molar-refractivity contribution >= 4 is 51.7 Å². The first-order valence-corrected chi connectivity index (χ1v) is 8.40. The Labute approximate surface area is 134 Å². The van der Waals surface area contributed by atoms with Crippen LogP contribution in [0.25, 0.3) is 11.0 Å². The Morgan fingerprint density at radius 3 is 3.00 bits per heavy atom. The highest BCUT2D eigenvalue weighted by Crippen LogP contribution is 2.27. The lowest BCUT2D eigenvalue weighted by Crippen LogP contribution is -2.03. The summed E-state index contributed by atoms with van der Waals surface area (Å²) in [4.78, 5) is 16.5. The summed E-state index contributed by atoms with van der Waals surface area (Å²) < 4.78 is 2.03. The van der Waals surface area contributed by atoms with Gasteiger partial charge >= 0.3 is 5.97 Å². The molecule has 0 aliphatic heterocycles. The van der Waals surface area contributed by atoms with Gasteiger partial charge in [0.05, 0.1) is 23.3 Å². The molecule has 1 aromatic carbocycles. The molecule has 0 aliphatic carbocycles. The molecule has 0 unspecified atom stereocenters. The van der Waals surface area contributed by atoms with Crippen molar-refractivity contribution in [2.24, 2.45) is 0 Å². The Morgan fingerprint density at radius 1 is 1.43 bits per heavy atom. The van der Waals surface area contributed by atoms with Crippen LogP contribution in [-0.4, -0.2) is 26.4 Å². The molecule has 108 valence electrons. The van der Waals surface area contributed by atoms with Crippen LogP contribution in [0.15, 0.2) is 40.9 Å². The summed E-state index contributed by atoms with van der Waals surface area (Å²) in [6.07, 6.45) is 0. The number of aromatic nitrogens is 2. The second-order valence-electron chi connectivity index (χ2n) is 4.38. The lowest BCUT2D eigenvalue weighted by Gasteiger charge is -2.06. The van der Waals surface area contributed by atoms with Crippen LogP contribution in [-0.2, 0) is 11.3 Å². The largest absolute Gasteiger partial charge is 0.481 e. The predicted molar refractivity (Wildman–Crippen MR) is 86.5 cm³/mol. The molecule has 0 bridgehead atoms. The second kappa shape index (κ2) is 6.09. The van der Waals surface area contributed by atoms with Crippen LogP contribution in [0.3, 0.4) is 0 Å². The highest BCUT2D eigenvalue weighted by molar-refractivity contribution is 7.99. The van der Waals surface area contributed by atoms with E-state index < -0.39 is 5.97 Å². The fourth-order valence-corrected chi connectivity index (χ4v) is 3.62. The highest BCUT2D eigenvalue weighted by atomic mass is 35.5. The molecule has 2 aromatic heterocycles. The second-order valence-corrected chi connectivity index (χ2v) is 6.79. The normalized spacial score (nSPS) is 11.1. The quantitative estimate of drug-likeness (QED) is 0.715. The Kier molecular flexibility index (Phi) is 4.19. The van der Waals surface area contributed by atoms with Crippen LogP contribution in [0, 0.1) is 0 Å². The summed E-state index contributed by atoms with van der Waals surface area (Å²) in [6, 6.07) is 9.59. The first kappa shape index (κ1) is 14.4. The smallest absolute Gasteiger partial charge is 0.313 e. The molecule has 3 aromatic rings. The predicted octanol–water partition coefficient (Wildman–Crippen LogP) is 3.98. The summed E-state index contributed by atoms with van der Waals surface area (Å²) in [6.45, 7) is 0.678. The van der Waals surface area contributed by atoms with Crippen LogP contribution in [0.1, 0.15) is 4.88 Å². The van der Waals surface area contributed by atoms with Gasteiger partial charge in [0.2, 0.25) is 0 Å². The molecule has 0 saturated heterocycles. The highest BCUT2D eigenvalue weighted by Gasteiger charge is 2.13. The van der Waals surface area contributed by atoms with E-state index in [1.54, 1.807) is 17.4 Å². The number of carbonyl (C=O) groups is 1. The number of thiophene rings is 1. The molecule has 0 fully saturated rings. The van der Waals surface area contributed by atoms with Gasteiger partial charge in [0, 0.05) is 9.90 Å². The van der Waals surface area contributed by atoms with E-state index in [1.807, 2.05) is 28.1 Å². The first-order valence-electron chi connectivity index (χ1n) is 6.16. The monoisotopic (exact) mass is 338 g/mol. The number of thioether (sulfide) groups is 1. The number of carboxylic acids is 1. The number of aliphatic carboxylic acids is 1. The molecule has 0 aliphatic rings. The molecule has 7 heteroatoms. The Morgan fingerprint density at radius 2 is 2.29 bits per heavy atom. The molecule has 2 heterocycles. The lowest BCUT2D eigenvalue weighted by atomic mass is 10.3. The van der Waals surface area contributed by atoms with E-state index in [9.17, 15) is 4.79 Å². The molecule has 0 saturated carbocycles. The Bertz CT molecular complexity index is 784. The number of benzene rings is 1. The minimum Gasteiger partial charge on any atom is -0.481 e. The fraction of sp³-hybridized carbons (Fsp3) is 0.143. The zero-order valence-corrected chi connectivity index (χ0v) is 13.2. The Balaban J connectivity index is 2.03. The number of carboxylic acid groups (broad SMARTS) is 1. The first-order chi connectivity index (χ1) is 10.1. The molecule has 4 nitrogen and oxygen atoms in total. The van der Waals surface area contributed by atoms with E-state index in [4.69, 9.17) is 16.7 Å². The summed E-state index contributed by atoms with van der Waals surface area (Å²) in [7, 11) is 0. The SMILES string of the molecule is O=C(O)CSc1nc2cc(Cl)ccc2n1Cc1cccs1. The van der Waals surface area contributed by atoms with Crippen molar-refractivity contribution < 1.29 is 9.90 Å². The number of imidazole rings is 1. The van der Waals surface area contributed by atoms with Gasteiger partial charge in [-0.3, -0.25) is 4.79 Å². The summed E-state index contributed by atoms with van der Waals surface area (Å²) in [5, 5.41) is 12.2. The zero-order valence-electron chi connectivity index (χ0n) is 10.8. The molecular formula is C14H11ClN2O2S2. The van der Waals surface area contributed by atoms with Gasteiger partial charge in [-0.2, -0.15) is 0 Å². The third-order valence-corrected chi connectivity index (χ3v) is 4.95. The molecule has 21 heavy (non-hydrogen) atoms. The van der Waals surface area contributed by atoms with E-state index >= 15 is 0 Å². The fourth-order valence-electron chi connectivity index (χ4n) is 2.03. The Hall–Kier alpha value is -1.50. The topological polar surface area (TPSA) is 55.1 Å².